The van der Waals surface area contributed by atoms with Crippen molar-refractivity contribution in [2.24, 2.45) is 5.92 Å². The number of thioether (sulfide) groups is 1. The number of H-pyrrole nitrogens is 1. The Morgan fingerprint density at radius 2 is 2.12 bits per heavy atom. The molecule has 1 saturated heterocycles. The number of rotatable bonds is 6. The van der Waals surface area contributed by atoms with Crippen molar-refractivity contribution in [3.63, 3.8) is 0 Å². The number of hydrogen-bond acceptors (Lipinski definition) is 5. The van der Waals surface area contributed by atoms with Gasteiger partial charge in [0, 0.05) is 31.0 Å². The Morgan fingerprint density at radius 3 is 2.88 bits per heavy atom. The third kappa shape index (κ3) is 4.82. The normalized spacial score (nSPS) is 19.1. The molecule has 0 bridgehead atoms. The summed E-state index contributed by atoms with van der Waals surface area (Å²) in [4.78, 5) is 7.08. The van der Waals surface area contributed by atoms with Crippen molar-refractivity contribution in [3.05, 3.63) is 29.8 Å². The molecule has 3 rings (SSSR count). The minimum Gasteiger partial charge on any atom is -0.375 e. The van der Waals surface area contributed by atoms with Gasteiger partial charge < -0.3 is 4.74 Å². The van der Waals surface area contributed by atoms with Crippen LogP contribution in [0.4, 0.5) is 0 Å². The molecule has 6 heteroatoms. The molecular weight excluding hydrogens is 320 g/mol. The highest BCUT2D eigenvalue weighted by atomic mass is 32.2. The lowest BCUT2D eigenvalue weighted by atomic mass is 10.1. The lowest BCUT2D eigenvalue weighted by Gasteiger charge is -2.33. The number of aryl methyl sites for hydroxylation is 1. The summed E-state index contributed by atoms with van der Waals surface area (Å²) in [5.74, 6) is 2.41. The van der Waals surface area contributed by atoms with E-state index in [0.717, 1.165) is 48.5 Å². The Balaban J connectivity index is 1.53. The predicted molar refractivity (Wildman–Crippen MR) is 98.3 cm³/mol. The van der Waals surface area contributed by atoms with Crippen LogP contribution in [0.2, 0.25) is 0 Å². The molecule has 1 aromatic heterocycles. The summed E-state index contributed by atoms with van der Waals surface area (Å²) in [7, 11) is 0. The molecule has 1 aliphatic heterocycles. The van der Waals surface area contributed by atoms with Crippen molar-refractivity contribution < 1.29 is 4.74 Å². The third-order valence-corrected chi connectivity index (χ3v) is 5.01. The van der Waals surface area contributed by atoms with Gasteiger partial charge in [-0.15, -0.1) is 5.10 Å². The van der Waals surface area contributed by atoms with Gasteiger partial charge in [-0.3, -0.25) is 10.00 Å². The van der Waals surface area contributed by atoms with Crippen molar-refractivity contribution in [1.82, 2.24) is 20.1 Å². The van der Waals surface area contributed by atoms with Crippen molar-refractivity contribution in [2.45, 2.75) is 32.0 Å². The van der Waals surface area contributed by atoms with Gasteiger partial charge in [0.2, 0.25) is 5.16 Å². The maximum absolute atomic E-state index is 5.89. The van der Waals surface area contributed by atoms with Crippen LogP contribution < -0.4 is 0 Å². The Labute approximate surface area is 148 Å². The van der Waals surface area contributed by atoms with Gasteiger partial charge in [0.25, 0.3) is 0 Å². The third-order valence-electron chi connectivity index (χ3n) is 4.03. The van der Waals surface area contributed by atoms with E-state index in [1.807, 2.05) is 0 Å². The van der Waals surface area contributed by atoms with Gasteiger partial charge in [-0.2, -0.15) is 0 Å². The van der Waals surface area contributed by atoms with Gasteiger partial charge in [0.05, 0.1) is 12.7 Å². The first kappa shape index (κ1) is 17.5. The van der Waals surface area contributed by atoms with Crippen molar-refractivity contribution in [2.75, 3.05) is 32.0 Å². The molecular formula is C18H26N4OS. The van der Waals surface area contributed by atoms with E-state index in [1.165, 1.54) is 5.56 Å². The number of benzene rings is 1. The maximum Gasteiger partial charge on any atom is 0.208 e. The first-order valence-electron chi connectivity index (χ1n) is 8.56. The minimum absolute atomic E-state index is 0.254. The molecule has 1 N–H and O–H groups in total. The van der Waals surface area contributed by atoms with Gasteiger partial charge in [-0.05, 0) is 12.8 Å². The van der Waals surface area contributed by atoms with Gasteiger partial charge in [0.15, 0.2) is 5.82 Å². The molecule has 0 aliphatic carbocycles. The first-order valence-corrected chi connectivity index (χ1v) is 9.55. The molecule has 2 aromatic rings. The Bertz CT molecular complexity index is 641. The second-order valence-corrected chi connectivity index (χ2v) is 7.78. The number of morpholine rings is 1. The molecule has 0 spiro atoms. The molecule has 1 fully saturated rings. The second-order valence-electron chi connectivity index (χ2n) is 6.79. The van der Waals surface area contributed by atoms with E-state index in [2.05, 4.69) is 65.1 Å². The van der Waals surface area contributed by atoms with Crippen LogP contribution in [-0.4, -0.2) is 58.2 Å². The summed E-state index contributed by atoms with van der Waals surface area (Å²) in [5, 5.41) is 8.14. The average Bonchev–Trinajstić information content (AvgIpc) is 3.02. The van der Waals surface area contributed by atoms with Crippen LogP contribution in [0.25, 0.3) is 11.4 Å². The fourth-order valence-corrected chi connectivity index (χ4v) is 3.69. The zero-order chi connectivity index (χ0) is 16.9. The lowest BCUT2D eigenvalue weighted by Crippen LogP contribution is -2.44. The molecule has 130 valence electrons. The Kier molecular flexibility index (Phi) is 5.92. The molecule has 0 radical (unpaired) electrons. The van der Waals surface area contributed by atoms with Crippen LogP contribution >= 0.6 is 11.8 Å². The molecule has 0 amide bonds. The van der Waals surface area contributed by atoms with Crippen LogP contribution in [0.1, 0.15) is 19.4 Å². The van der Waals surface area contributed by atoms with E-state index in [9.17, 15) is 0 Å². The van der Waals surface area contributed by atoms with E-state index in [4.69, 9.17) is 4.74 Å². The van der Waals surface area contributed by atoms with Crippen molar-refractivity contribution >= 4 is 11.8 Å². The number of nitrogens with zero attached hydrogens (tertiary/aromatic N) is 3. The van der Waals surface area contributed by atoms with Gasteiger partial charge in [0.1, 0.15) is 0 Å². The molecule has 1 atom stereocenters. The highest BCUT2D eigenvalue weighted by Gasteiger charge is 2.21. The van der Waals surface area contributed by atoms with E-state index < -0.39 is 0 Å². The second kappa shape index (κ2) is 8.14. The van der Waals surface area contributed by atoms with E-state index in [1.54, 1.807) is 11.8 Å². The number of nitrogens with one attached hydrogen (secondary N) is 1. The van der Waals surface area contributed by atoms with Crippen LogP contribution in [0.3, 0.4) is 0 Å². The SMILES string of the molecule is Cc1ccc(-c2nc(SC[C@@H]3CN(CC(C)C)CCO3)n[nH]2)cc1. The lowest BCUT2D eigenvalue weighted by molar-refractivity contribution is -0.0191. The summed E-state index contributed by atoms with van der Waals surface area (Å²) in [6.45, 7) is 10.6. The fourth-order valence-electron chi connectivity index (χ4n) is 2.88. The smallest absolute Gasteiger partial charge is 0.208 e. The Morgan fingerprint density at radius 1 is 1.33 bits per heavy atom. The molecule has 1 aromatic carbocycles. The standard InChI is InChI=1S/C18H26N4OS/c1-13(2)10-22-8-9-23-16(11-22)12-24-18-19-17(20-21-18)15-6-4-14(3)5-7-15/h4-7,13,16H,8-12H2,1-3H3,(H,19,20,21)/t16-/m0/s1. The topological polar surface area (TPSA) is 54.0 Å². The number of aromatic amines is 1. The quantitative estimate of drug-likeness (QED) is 0.814. The molecule has 0 unspecified atom stereocenters. The summed E-state index contributed by atoms with van der Waals surface area (Å²) in [6.07, 6.45) is 0.254. The van der Waals surface area contributed by atoms with Crippen molar-refractivity contribution in [1.29, 1.82) is 0 Å². The van der Waals surface area contributed by atoms with E-state index in [0.29, 0.717) is 5.92 Å². The van der Waals surface area contributed by atoms with E-state index >= 15 is 0 Å². The van der Waals surface area contributed by atoms with Crippen LogP contribution in [-0.2, 0) is 4.74 Å². The summed E-state index contributed by atoms with van der Waals surface area (Å²) >= 11 is 1.66. The molecule has 24 heavy (non-hydrogen) atoms. The zero-order valence-corrected chi connectivity index (χ0v) is 15.5. The molecule has 5 nitrogen and oxygen atoms in total. The highest BCUT2D eigenvalue weighted by molar-refractivity contribution is 7.99. The number of hydrogen-bond donors (Lipinski definition) is 1. The molecule has 2 heterocycles. The minimum atomic E-state index is 0.254. The average molecular weight is 347 g/mol. The van der Waals surface area contributed by atoms with Crippen LogP contribution in [0.5, 0.6) is 0 Å². The van der Waals surface area contributed by atoms with Gasteiger partial charge in [-0.25, -0.2) is 4.98 Å². The van der Waals surface area contributed by atoms with Gasteiger partial charge in [-0.1, -0.05) is 55.4 Å². The molecule has 1 aliphatic rings. The molecule has 0 saturated carbocycles. The summed E-state index contributed by atoms with van der Waals surface area (Å²) in [6, 6.07) is 8.31. The van der Waals surface area contributed by atoms with Crippen LogP contribution in [0, 0.1) is 12.8 Å². The van der Waals surface area contributed by atoms with Gasteiger partial charge >= 0.3 is 0 Å². The van der Waals surface area contributed by atoms with Crippen LogP contribution in [0.15, 0.2) is 29.4 Å². The zero-order valence-electron chi connectivity index (χ0n) is 14.7. The maximum atomic E-state index is 5.89. The summed E-state index contributed by atoms with van der Waals surface area (Å²) < 4.78 is 5.89. The highest BCUT2D eigenvalue weighted by Crippen LogP contribution is 2.21. The van der Waals surface area contributed by atoms with Crippen molar-refractivity contribution in [3.8, 4) is 11.4 Å². The number of ether oxygens (including phenoxy) is 1. The summed E-state index contributed by atoms with van der Waals surface area (Å²) in [5.41, 5.74) is 2.31. The largest absolute Gasteiger partial charge is 0.375 e. The predicted octanol–water partition coefficient (Wildman–Crippen LogP) is 3.23. The fraction of sp³-hybridized carbons (Fsp3) is 0.556. The monoisotopic (exact) mass is 346 g/mol. The first-order chi connectivity index (χ1) is 11.6. The Hall–Kier alpha value is -1.37. The number of aromatic nitrogens is 3. The van der Waals surface area contributed by atoms with E-state index in [-0.39, 0.29) is 6.10 Å².